The summed E-state index contributed by atoms with van der Waals surface area (Å²) in [6, 6.07) is 6.07. The molecule has 0 radical (unpaired) electrons. The molecule has 1 amide bonds. The van der Waals surface area contributed by atoms with Crippen LogP contribution in [0.15, 0.2) is 24.3 Å². The van der Waals surface area contributed by atoms with Gasteiger partial charge in [-0.25, -0.2) is 4.39 Å². The molecule has 0 heterocycles. The van der Waals surface area contributed by atoms with Gasteiger partial charge in [0, 0.05) is 12.0 Å². The monoisotopic (exact) mass is 279 g/mol. The van der Waals surface area contributed by atoms with Crippen molar-refractivity contribution >= 4 is 5.91 Å². The fourth-order valence-corrected chi connectivity index (χ4v) is 2.24. The van der Waals surface area contributed by atoms with Crippen molar-refractivity contribution in [2.45, 2.75) is 45.3 Å². The van der Waals surface area contributed by atoms with Crippen LogP contribution in [0.25, 0.3) is 0 Å². The van der Waals surface area contributed by atoms with E-state index in [2.05, 4.69) is 0 Å². The zero-order valence-electron chi connectivity index (χ0n) is 12.1. The minimum absolute atomic E-state index is 0.0176. The van der Waals surface area contributed by atoms with Gasteiger partial charge in [0.25, 0.3) is 0 Å². The average molecular weight is 279 g/mol. The smallest absolute Gasteiger partial charge is 0.225 e. The molecule has 1 fully saturated rings. The molecule has 1 N–H and O–H groups in total. The summed E-state index contributed by atoms with van der Waals surface area (Å²) < 4.78 is 12.9. The normalized spacial score (nSPS) is 17.6. The van der Waals surface area contributed by atoms with Crippen LogP contribution in [0.1, 0.15) is 44.8 Å². The lowest BCUT2D eigenvalue weighted by molar-refractivity contribution is -0.137. The Balaban J connectivity index is 2.04. The number of aliphatic hydroxyl groups is 1. The van der Waals surface area contributed by atoms with Gasteiger partial charge in [0.15, 0.2) is 0 Å². The molecule has 0 aromatic heterocycles. The van der Waals surface area contributed by atoms with E-state index in [9.17, 15) is 14.3 Å². The Labute approximate surface area is 119 Å². The van der Waals surface area contributed by atoms with E-state index in [4.69, 9.17) is 0 Å². The first-order valence-corrected chi connectivity index (χ1v) is 7.27. The van der Waals surface area contributed by atoms with E-state index in [0.717, 1.165) is 19.3 Å². The SMILES string of the molecule is CCC(C)C(=O)N(CC(O)c1ccc(F)cc1)C1CC1. The number of hydrogen-bond donors (Lipinski definition) is 1. The van der Waals surface area contributed by atoms with Crippen molar-refractivity contribution < 1.29 is 14.3 Å². The van der Waals surface area contributed by atoms with Gasteiger partial charge < -0.3 is 10.0 Å². The van der Waals surface area contributed by atoms with Crippen LogP contribution in [-0.2, 0) is 4.79 Å². The molecule has 20 heavy (non-hydrogen) atoms. The fraction of sp³-hybridized carbons (Fsp3) is 0.562. The second-order valence-electron chi connectivity index (χ2n) is 5.60. The van der Waals surface area contributed by atoms with Crippen LogP contribution in [0, 0.1) is 11.7 Å². The first-order valence-electron chi connectivity index (χ1n) is 7.27. The third-order valence-corrected chi connectivity index (χ3v) is 3.93. The number of hydrogen-bond acceptors (Lipinski definition) is 2. The Morgan fingerprint density at radius 2 is 2.00 bits per heavy atom. The molecule has 1 aliphatic rings. The summed E-state index contributed by atoms with van der Waals surface area (Å²) in [7, 11) is 0. The Hall–Kier alpha value is -1.42. The molecule has 0 bridgehead atoms. The van der Waals surface area contributed by atoms with Crippen molar-refractivity contribution in [3.63, 3.8) is 0 Å². The molecule has 1 aliphatic carbocycles. The highest BCUT2D eigenvalue weighted by molar-refractivity contribution is 5.79. The second kappa shape index (κ2) is 6.35. The third-order valence-electron chi connectivity index (χ3n) is 3.93. The summed E-state index contributed by atoms with van der Waals surface area (Å²) in [6.07, 6.45) is 2.06. The van der Waals surface area contributed by atoms with Crippen LogP contribution < -0.4 is 0 Å². The van der Waals surface area contributed by atoms with Crippen molar-refractivity contribution in [3.05, 3.63) is 35.6 Å². The molecule has 1 aromatic rings. The minimum atomic E-state index is -0.760. The van der Waals surface area contributed by atoms with Gasteiger partial charge in [-0.3, -0.25) is 4.79 Å². The number of nitrogens with zero attached hydrogens (tertiary/aromatic N) is 1. The molecule has 0 aliphatic heterocycles. The van der Waals surface area contributed by atoms with E-state index < -0.39 is 6.10 Å². The molecule has 2 rings (SSSR count). The van der Waals surface area contributed by atoms with E-state index >= 15 is 0 Å². The molecule has 4 heteroatoms. The molecule has 2 atom stereocenters. The highest BCUT2D eigenvalue weighted by Crippen LogP contribution is 2.30. The van der Waals surface area contributed by atoms with Crippen LogP contribution in [0.4, 0.5) is 4.39 Å². The highest BCUT2D eigenvalue weighted by Gasteiger charge is 2.35. The Morgan fingerprint density at radius 1 is 1.40 bits per heavy atom. The fourth-order valence-electron chi connectivity index (χ4n) is 2.24. The molecule has 2 unspecified atom stereocenters. The lowest BCUT2D eigenvalue weighted by Gasteiger charge is -2.28. The number of carbonyl (C=O) groups is 1. The van der Waals surface area contributed by atoms with E-state index in [1.807, 2.05) is 13.8 Å². The number of aliphatic hydroxyl groups excluding tert-OH is 1. The van der Waals surface area contributed by atoms with E-state index in [1.54, 1.807) is 17.0 Å². The van der Waals surface area contributed by atoms with E-state index in [0.29, 0.717) is 12.1 Å². The number of rotatable bonds is 6. The van der Waals surface area contributed by atoms with E-state index in [-0.39, 0.29) is 23.7 Å². The van der Waals surface area contributed by atoms with Gasteiger partial charge in [-0.1, -0.05) is 26.0 Å². The van der Waals surface area contributed by atoms with Gasteiger partial charge in [0.05, 0.1) is 12.6 Å². The predicted octanol–water partition coefficient (Wildman–Crippen LogP) is 2.90. The first kappa shape index (κ1) is 15.0. The standard InChI is InChI=1S/C16H22FNO2/c1-3-11(2)16(20)18(14-8-9-14)10-15(19)12-4-6-13(17)7-5-12/h4-7,11,14-15,19H,3,8-10H2,1-2H3. The van der Waals surface area contributed by atoms with Crippen LogP contribution in [0.2, 0.25) is 0 Å². The van der Waals surface area contributed by atoms with Crippen LogP contribution >= 0.6 is 0 Å². The van der Waals surface area contributed by atoms with Crippen LogP contribution in [0.3, 0.4) is 0 Å². The zero-order valence-corrected chi connectivity index (χ0v) is 12.1. The van der Waals surface area contributed by atoms with Gasteiger partial charge in [0.2, 0.25) is 5.91 Å². The molecular formula is C16H22FNO2. The minimum Gasteiger partial charge on any atom is -0.387 e. The third kappa shape index (κ3) is 3.57. The maximum atomic E-state index is 12.9. The number of amides is 1. The lowest BCUT2D eigenvalue weighted by atomic mass is 10.1. The summed E-state index contributed by atoms with van der Waals surface area (Å²) in [6.45, 7) is 4.20. The van der Waals surface area contributed by atoms with Crippen LogP contribution in [-0.4, -0.2) is 28.5 Å². The zero-order chi connectivity index (χ0) is 14.7. The number of carbonyl (C=O) groups excluding carboxylic acids is 1. The lowest BCUT2D eigenvalue weighted by Crippen LogP contribution is -2.39. The quantitative estimate of drug-likeness (QED) is 0.870. The Morgan fingerprint density at radius 3 is 2.50 bits per heavy atom. The Bertz CT molecular complexity index is 456. The molecule has 0 spiro atoms. The predicted molar refractivity (Wildman–Crippen MR) is 75.5 cm³/mol. The first-order chi connectivity index (χ1) is 9.52. The largest absolute Gasteiger partial charge is 0.387 e. The molecule has 1 aromatic carbocycles. The van der Waals surface area contributed by atoms with Crippen molar-refractivity contribution in [2.75, 3.05) is 6.54 Å². The Kier molecular flexibility index (Phi) is 4.76. The van der Waals surface area contributed by atoms with Crippen molar-refractivity contribution in [1.29, 1.82) is 0 Å². The molecule has 1 saturated carbocycles. The van der Waals surface area contributed by atoms with Gasteiger partial charge >= 0.3 is 0 Å². The maximum Gasteiger partial charge on any atom is 0.225 e. The highest BCUT2D eigenvalue weighted by atomic mass is 19.1. The average Bonchev–Trinajstić information content (AvgIpc) is 3.28. The summed E-state index contributed by atoms with van der Waals surface area (Å²) in [5.74, 6) is -0.233. The van der Waals surface area contributed by atoms with Gasteiger partial charge in [-0.2, -0.15) is 0 Å². The summed E-state index contributed by atoms with van der Waals surface area (Å²) >= 11 is 0. The van der Waals surface area contributed by atoms with Gasteiger partial charge in [-0.05, 0) is 37.0 Å². The van der Waals surface area contributed by atoms with E-state index in [1.165, 1.54) is 12.1 Å². The summed E-state index contributed by atoms with van der Waals surface area (Å²) in [5.41, 5.74) is 0.647. The molecule has 0 saturated heterocycles. The maximum absolute atomic E-state index is 12.9. The van der Waals surface area contributed by atoms with Gasteiger partial charge in [-0.15, -0.1) is 0 Å². The second-order valence-corrected chi connectivity index (χ2v) is 5.60. The molecular weight excluding hydrogens is 257 g/mol. The molecule has 110 valence electrons. The van der Waals surface area contributed by atoms with Crippen LogP contribution in [0.5, 0.6) is 0 Å². The van der Waals surface area contributed by atoms with Crippen molar-refractivity contribution in [3.8, 4) is 0 Å². The molecule has 3 nitrogen and oxygen atoms in total. The summed E-state index contributed by atoms with van der Waals surface area (Å²) in [5, 5.41) is 10.2. The van der Waals surface area contributed by atoms with Crippen molar-refractivity contribution in [2.24, 2.45) is 5.92 Å². The summed E-state index contributed by atoms with van der Waals surface area (Å²) in [4.78, 5) is 14.1. The van der Waals surface area contributed by atoms with Crippen molar-refractivity contribution in [1.82, 2.24) is 4.90 Å². The topological polar surface area (TPSA) is 40.5 Å². The number of halogens is 1. The van der Waals surface area contributed by atoms with Gasteiger partial charge in [0.1, 0.15) is 5.82 Å². The number of benzene rings is 1.